The lowest BCUT2D eigenvalue weighted by atomic mass is 9.81. The lowest BCUT2D eigenvalue weighted by molar-refractivity contribution is 0.0999. The van der Waals surface area contributed by atoms with Crippen LogP contribution in [-0.2, 0) is 22.0 Å². The molecule has 1 aromatic heterocycles. The molecule has 0 bridgehead atoms. The van der Waals surface area contributed by atoms with Crippen molar-refractivity contribution in [3.05, 3.63) is 45.8 Å². The van der Waals surface area contributed by atoms with Gasteiger partial charge < -0.3 is 16.4 Å². The molecule has 4 N–H and O–H groups in total. The minimum atomic E-state index is -3.62. The molecule has 0 fully saturated rings. The fourth-order valence-corrected chi connectivity index (χ4v) is 7.00. The lowest BCUT2D eigenvalue weighted by Crippen LogP contribution is -2.55. The Labute approximate surface area is 206 Å². The summed E-state index contributed by atoms with van der Waals surface area (Å²) in [6.07, 6.45) is 2.27. The molecule has 1 aliphatic rings. The zero-order valence-electron chi connectivity index (χ0n) is 20.6. The highest BCUT2D eigenvalue weighted by molar-refractivity contribution is 7.89. The summed E-state index contributed by atoms with van der Waals surface area (Å²) in [5.74, 6) is -1.02. The van der Waals surface area contributed by atoms with E-state index in [9.17, 15) is 18.0 Å². The molecule has 186 valence electrons. The van der Waals surface area contributed by atoms with E-state index in [0.717, 1.165) is 23.3 Å². The highest BCUT2D eigenvalue weighted by Gasteiger charge is 2.41. The van der Waals surface area contributed by atoms with Crippen molar-refractivity contribution in [1.29, 1.82) is 0 Å². The summed E-state index contributed by atoms with van der Waals surface area (Å²) in [7, 11) is -2.07. The van der Waals surface area contributed by atoms with Crippen molar-refractivity contribution >= 4 is 38.2 Å². The van der Waals surface area contributed by atoms with Gasteiger partial charge in [0.1, 0.15) is 5.00 Å². The highest BCUT2D eigenvalue weighted by Crippen LogP contribution is 2.45. The number of primary amides is 1. The Balaban J connectivity index is 1.88. The van der Waals surface area contributed by atoms with E-state index in [2.05, 4.69) is 24.5 Å². The van der Waals surface area contributed by atoms with Crippen LogP contribution in [0.4, 0.5) is 5.00 Å². The second-order valence-electron chi connectivity index (χ2n) is 9.95. The third-order valence-corrected chi connectivity index (χ3v) is 9.31. The number of nitrogens with two attached hydrogens (primary N) is 1. The normalized spacial score (nSPS) is 16.8. The number of fused-ring (bicyclic) bond motifs is 1. The number of hydrogen-bond acceptors (Lipinski definition) is 6. The second kappa shape index (κ2) is 9.41. The maximum Gasteiger partial charge on any atom is 0.256 e. The van der Waals surface area contributed by atoms with Gasteiger partial charge in [0.15, 0.2) is 0 Å². The number of carbonyl (C=O) groups excluding carboxylic acids is 2. The Kier molecular flexibility index (Phi) is 7.29. The molecule has 8 nitrogen and oxygen atoms in total. The molecular weight excluding hydrogens is 472 g/mol. The van der Waals surface area contributed by atoms with E-state index in [1.807, 2.05) is 20.8 Å². The molecule has 3 rings (SSSR count). The molecular formula is C24H34N4O4S2. The van der Waals surface area contributed by atoms with Gasteiger partial charge >= 0.3 is 0 Å². The number of amides is 2. The summed E-state index contributed by atoms with van der Waals surface area (Å²) in [6.45, 7) is 10.6. The molecule has 34 heavy (non-hydrogen) atoms. The van der Waals surface area contributed by atoms with Crippen molar-refractivity contribution in [1.82, 2.24) is 9.62 Å². The van der Waals surface area contributed by atoms with E-state index in [-0.39, 0.29) is 16.0 Å². The first-order chi connectivity index (χ1) is 15.7. The molecule has 0 spiro atoms. The second-order valence-corrected chi connectivity index (χ2v) is 13.0. The summed E-state index contributed by atoms with van der Waals surface area (Å²) in [5, 5.41) is 6.82. The van der Waals surface area contributed by atoms with Gasteiger partial charge in [-0.1, -0.05) is 13.3 Å². The number of sulfonamides is 1. The molecule has 0 saturated heterocycles. The Bertz CT molecular complexity index is 1200. The molecule has 2 aromatic rings. The molecule has 0 atom stereocenters. The highest BCUT2D eigenvalue weighted by atomic mass is 32.2. The number of nitrogens with zero attached hydrogens (tertiary/aromatic N) is 1. The topological polar surface area (TPSA) is 122 Å². The number of benzene rings is 1. The van der Waals surface area contributed by atoms with Crippen LogP contribution in [0.2, 0.25) is 0 Å². The van der Waals surface area contributed by atoms with Gasteiger partial charge in [0.2, 0.25) is 10.0 Å². The maximum atomic E-state index is 13.0. The van der Waals surface area contributed by atoms with Crippen molar-refractivity contribution < 1.29 is 18.0 Å². The van der Waals surface area contributed by atoms with E-state index in [4.69, 9.17) is 5.73 Å². The van der Waals surface area contributed by atoms with Crippen molar-refractivity contribution in [3.63, 3.8) is 0 Å². The summed E-state index contributed by atoms with van der Waals surface area (Å²) >= 11 is 1.34. The van der Waals surface area contributed by atoms with Gasteiger partial charge in [0, 0.05) is 35.1 Å². The van der Waals surface area contributed by atoms with Crippen LogP contribution in [0.25, 0.3) is 0 Å². The van der Waals surface area contributed by atoms with Crippen LogP contribution in [0, 0.1) is 0 Å². The van der Waals surface area contributed by atoms with Crippen LogP contribution in [0.1, 0.15) is 78.6 Å². The Morgan fingerprint density at radius 2 is 1.79 bits per heavy atom. The standard InChI is InChI=1S/C24H34N4O4S2/c1-7-8-13-28(6)34(31,32)16-11-9-15(10-12-16)21(30)26-22-18(20(25)29)17-14-23(2,3)27-24(4,5)19(17)33-22/h9-12,27H,7-8,13-14H2,1-6H3,(H2,25,29)(H,26,30). The first kappa shape index (κ1) is 26.3. The van der Waals surface area contributed by atoms with Gasteiger partial charge in [0.05, 0.1) is 10.5 Å². The number of anilines is 1. The summed E-state index contributed by atoms with van der Waals surface area (Å²) in [5.41, 5.74) is 6.58. The van der Waals surface area contributed by atoms with Crippen LogP contribution in [0.3, 0.4) is 0 Å². The van der Waals surface area contributed by atoms with Crippen molar-refractivity contribution in [3.8, 4) is 0 Å². The molecule has 10 heteroatoms. The van der Waals surface area contributed by atoms with Crippen LogP contribution >= 0.6 is 11.3 Å². The largest absolute Gasteiger partial charge is 0.365 e. The number of nitrogens with one attached hydrogen (secondary N) is 2. The number of hydrogen-bond donors (Lipinski definition) is 3. The van der Waals surface area contributed by atoms with E-state index in [1.165, 1.54) is 39.9 Å². The van der Waals surface area contributed by atoms with Gasteiger partial charge in [-0.05, 0) is 70.4 Å². The summed E-state index contributed by atoms with van der Waals surface area (Å²) in [4.78, 5) is 26.5. The number of unbranched alkanes of at least 4 members (excludes halogenated alkanes) is 1. The molecule has 2 amide bonds. The predicted molar refractivity (Wildman–Crippen MR) is 136 cm³/mol. The quantitative estimate of drug-likeness (QED) is 0.504. The summed E-state index contributed by atoms with van der Waals surface area (Å²) in [6, 6.07) is 5.80. The average molecular weight is 507 g/mol. The monoisotopic (exact) mass is 506 g/mol. The Morgan fingerprint density at radius 3 is 2.35 bits per heavy atom. The van der Waals surface area contributed by atoms with E-state index >= 15 is 0 Å². The summed E-state index contributed by atoms with van der Waals surface area (Å²) < 4.78 is 26.8. The third-order valence-electron chi connectivity index (χ3n) is 5.97. The van der Waals surface area contributed by atoms with E-state index in [0.29, 0.717) is 23.5 Å². The average Bonchev–Trinajstić information content (AvgIpc) is 3.09. The van der Waals surface area contributed by atoms with Crippen molar-refractivity contribution in [2.45, 2.75) is 69.9 Å². The third kappa shape index (κ3) is 5.19. The molecule has 2 heterocycles. The van der Waals surface area contributed by atoms with E-state index in [1.54, 1.807) is 7.05 Å². The van der Waals surface area contributed by atoms with Crippen molar-refractivity contribution in [2.24, 2.45) is 5.73 Å². The molecule has 1 aromatic carbocycles. The van der Waals surface area contributed by atoms with Crippen LogP contribution in [-0.4, -0.2) is 43.7 Å². The predicted octanol–water partition coefficient (Wildman–Crippen LogP) is 3.68. The number of carbonyl (C=O) groups is 2. The van der Waals surface area contributed by atoms with Crippen LogP contribution in [0.15, 0.2) is 29.2 Å². The van der Waals surface area contributed by atoms with E-state index < -0.39 is 27.4 Å². The first-order valence-corrected chi connectivity index (χ1v) is 13.6. The minimum absolute atomic E-state index is 0.127. The van der Waals surface area contributed by atoms with Crippen molar-refractivity contribution in [2.75, 3.05) is 18.9 Å². The van der Waals surface area contributed by atoms with Gasteiger partial charge in [-0.25, -0.2) is 12.7 Å². The molecule has 0 aliphatic carbocycles. The molecule has 1 aliphatic heterocycles. The fraction of sp³-hybridized carbons (Fsp3) is 0.500. The SMILES string of the molecule is CCCCN(C)S(=O)(=O)c1ccc(C(=O)Nc2sc3c(c2C(N)=O)CC(C)(C)NC3(C)C)cc1. The van der Waals surface area contributed by atoms with Gasteiger partial charge in [-0.3, -0.25) is 9.59 Å². The molecule has 0 saturated carbocycles. The molecule has 0 unspecified atom stereocenters. The van der Waals surface area contributed by atoms with Crippen LogP contribution in [0.5, 0.6) is 0 Å². The van der Waals surface area contributed by atoms with Gasteiger partial charge in [0.25, 0.3) is 11.8 Å². The van der Waals surface area contributed by atoms with Gasteiger partial charge in [-0.15, -0.1) is 11.3 Å². The minimum Gasteiger partial charge on any atom is -0.365 e. The fourth-order valence-electron chi connectivity index (χ4n) is 4.51. The van der Waals surface area contributed by atoms with Crippen LogP contribution < -0.4 is 16.4 Å². The smallest absolute Gasteiger partial charge is 0.256 e. The molecule has 0 radical (unpaired) electrons. The maximum absolute atomic E-state index is 13.0. The Morgan fingerprint density at radius 1 is 1.18 bits per heavy atom. The zero-order chi connectivity index (χ0) is 25.5. The zero-order valence-corrected chi connectivity index (χ0v) is 22.2. The first-order valence-electron chi connectivity index (χ1n) is 11.3. The number of rotatable bonds is 8. The Hall–Kier alpha value is -2.27. The van der Waals surface area contributed by atoms with Gasteiger partial charge in [-0.2, -0.15) is 0 Å². The number of thiophene rings is 1. The lowest BCUT2D eigenvalue weighted by Gasteiger charge is -2.42.